The molecule has 3 aromatic heterocycles. The van der Waals surface area contributed by atoms with Crippen LogP contribution in [0.5, 0.6) is 11.5 Å². The summed E-state index contributed by atoms with van der Waals surface area (Å²) in [4.78, 5) is 22.1. The van der Waals surface area contributed by atoms with Crippen LogP contribution in [0.4, 0.5) is 0 Å². The Kier molecular flexibility index (Phi) is 6.49. The van der Waals surface area contributed by atoms with Crippen molar-refractivity contribution in [3.8, 4) is 22.6 Å². The summed E-state index contributed by atoms with van der Waals surface area (Å²) in [6.07, 6.45) is 8.44. The van der Waals surface area contributed by atoms with Crippen LogP contribution in [0.3, 0.4) is 0 Å². The quantitative estimate of drug-likeness (QED) is 0.363. The van der Waals surface area contributed by atoms with Crippen LogP contribution < -0.4 is 9.47 Å². The van der Waals surface area contributed by atoms with Crippen LogP contribution in [0, 0.1) is 0 Å². The lowest BCUT2D eigenvalue weighted by atomic mass is 9.98. The van der Waals surface area contributed by atoms with E-state index in [-0.39, 0.29) is 5.78 Å². The third-order valence-electron chi connectivity index (χ3n) is 5.32. The summed E-state index contributed by atoms with van der Waals surface area (Å²) in [5, 5.41) is 4.24. The van der Waals surface area contributed by atoms with Gasteiger partial charge in [-0.15, -0.1) is 0 Å². The van der Waals surface area contributed by atoms with Crippen molar-refractivity contribution in [3.63, 3.8) is 0 Å². The van der Waals surface area contributed by atoms with Gasteiger partial charge in [0.15, 0.2) is 5.78 Å². The van der Waals surface area contributed by atoms with E-state index < -0.39 is 0 Å². The first kappa shape index (κ1) is 22.2. The van der Waals surface area contributed by atoms with Crippen LogP contribution in [0.2, 0.25) is 0 Å². The fraction of sp³-hybridized carbons (Fsp3) is 0.231. The number of aromatic nitrogens is 4. The Bertz CT molecular complexity index is 1320. The zero-order chi connectivity index (χ0) is 23.4. The smallest absolute Gasteiger partial charge is 0.156 e. The molecular formula is C26H26N4O3. The second-order valence-corrected chi connectivity index (χ2v) is 7.74. The number of hydrogen-bond acceptors (Lipinski definition) is 6. The number of ketones is 1. The Morgan fingerprint density at radius 3 is 2.39 bits per heavy atom. The Morgan fingerprint density at radius 2 is 1.76 bits per heavy atom. The maximum Gasteiger partial charge on any atom is 0.156 e. The number of hydrogen-bond donors (Lipinski definition) is 0. The highest BCUT2D eigenvalue weighted by Gasteiger charge is 2.14. The van der Waals surface area contributed by atoms with Crippen LogP contribution in [0.15, 0.2) is 61.1 Å². The summed E-state index contributed by atoms with van der Waals surface area (Å²) < 4.78 is 12.6. The van der Waals surface area contributed by atoms with E-state index in [2.05, 4.69) is 10.1 Å². The minimum absolute atomic E-state index is 0.0402. The van der Waals surface area contributed by atoms with Crippen molar-refractivity contribution in [1.82, 2.24) is 19.7 Å². The van der Waals surface area contributed by atoms with E-state index in [1.165, 1.54) is 0 Å². The molecule has 168 valence electrons. The van der Waals surface area contributed by atoms with Gasteiger partial charge in [0.2, 0.25) is 0 Å². The fourth-order valence-corrected chi connectivity index (χ4v) is 3.63. The van der Waals surface area contributed by atoms with Crippen LogP contribution in [0.25, 0.3) is 27.7 Å². The normalized spacial score (nSPS) is 11.6. The highest BCUT2D eigenvalue weighted by Crippen LogP contribution is 2.31. The van der Waals surface area contributed by atoms with Crippen molar-refractivity contribution < 1.29 is 14.3 Å². The van der Waals surface area contributed by atoms with Gasteiger partial charge >= 0.3 is 0 Å². The standard InChI is InChI=1S/C26H26N4O3/c1-5-6-20(31)12-23(17-9-21(32-3)13-22(10-17)33-4)24-7-8-25-26(29-24)11-18(14-27-25)19-15-28-30(2)16-19/h7-16H,5-6H2,1-4H3/b23-12+. The highest BCUT2D eigenvalue weighted by molar-refractivity contribution is 6.00. The predicted molar refractivity (Wildman–Crippen MR) is 128 cm³/mol. The minimum atomic E-state index is 0.0402. The van der Waals surface area contributed by atoms with E-state index in [9.17, 15) is 4.79 Å². The van der Waals surface area contributed by atoms with E-state index in [0.29, 0.717) is 29.2 Å². The van der Waals surface area contributed by atoms with Crippen molar-refractivity contribution in [3.05, 3.63) is 72.3 Å². The molecule has 7 heteroatoms. The number of methoxy groups -OCH3 is 2. The molecule has 1 aromatic carbocycles. The Balaban J connectivity index is 1.86. The first-order valence-corrected chi connectivity index (χ1v) is 10.7. The molecule has 0 atom stereocenters. The molecule has 3 heterocycles. The van der Waals surface area contributed by atoms with E-state index in [4.69, 9.17) is 14.5 Å². The number of benzene rings is 1. The SMILES string of the molecule is CCCC(=O)/C=C(\c1cc(OC)cc(OC)c1)c1ccc2ncc(-c3cnn(C)c3)cc2n1. The topological polar surface area (TPSA) is 79.1 Å². The molecule has 33 heavy (non-hydrogen) atoms. The van der Waals surface area contributed by atoms with E-state index in [0.717, 1.165) is 34.1 Å². The second kappa shape index (κ2) is 9.65. The first-order chi connectivity index (χ1) is 16.0. The van der Waals surface area contributed by atoms with Gasteiger partial charge in [0.1, 0.15) is 11.5 Å². The summed E-state index contributed by atoms with van der Waals surface area (Å²) in [5.41, 5.74) is 5.57. The number of pyridine rings is 2. The van der Waals surface area contributed by atoms with Gasteiger partial charge in [0, 0.05) is 48.6 Å². The summed E-state index contributed by atoms with van der Waals surface area (Å²) in [6.45, 7) is 1.99. The molecule has 0 aliphatic heterocycles. The average molecular weight is 443 g/mol. The fourth-order valence-electron chi connectivity index (χ4n) is 3.63. The Labute approximate surface area is 192 Å². The molecule has 7 nitrogen and oxygen atoms in total. The number of rotatable bonds is 8. The van der Waals surface area contributed by atoms with Crippen LogP contribution in [0.1, 0.15) is 31.0 Å². The maximum absolute atomic E-state index is 12.6. The van der Waals surface area contributed by atoms with Gasteiger partial charge in [0.25, 0.3) is 0 Å². The van der Waals surface area contributed by atoms with Crippen LogP contribution in [-0.4, -0.2) is 39.8 Å². The zero-order valence-electron chi connectivity index (χ0n) is 19.2. The van der Waals surface area contributed by atoms with E-state index >= 15 is 0 Å². The molecular weight excluding hydrogens is 416 g/mol. The lowest BCUT2D eigenvalue weighted by molar-refractivity contribution is -0.114. The lowest BCUT2D eigenvalue weighted by Gasteiger charge is -2.12. The number of fused-ring (bicyclic) bond motifs is 1. The number of allylic oxidation sites excluding steroid dienone is 1. The molecule has 0 radical (unpaired) electrons. The third kappa shape index (κ3) is 4.92. The number of carbonyl (C=O) groups is 1. The molecule has 0 fully saturated rings. The molecule has 0 aliphatic rings. The molecule has 0 bridgehead atoms. The first-order valence-electron chi connectivity index (χ1n) is 10.7. The third-order valence-corrected chi connectivity index (χ3v) is 5.32. The van der Waals surface area contributed by atoms with Gasteiger partial charge in [-0.2, -0.15) is 5.10 Å². The molecule has 0 amide bonds. The largest absolute Gasteiger partial charge is 0.497 e. The van der Waals surface area contributed by atoms with Gasteiger partial charge < -0.3 is 9.47 Å². The summed E-state index contributed by atoms with van der Waals surface area (Å²) in [7, 11) is 5.08. The van der Waals surface area contributed by atoms with Gasteiger partial charge in [0.05, 0.1) is 37.1 Å². The van der Waals surface area contributed by atoms with Gasteiger partial charge in [-0.1, -0.05) is 6.92 Å². The number of nitrogens with zero attached hydrogens (tertiary/aromatic N) is 4. The zero-order valence-corrected chi connectivity index (χ0v) is 19.2. The molecule has 0 spiro atoms. The number of carbonyl (C=O) groups excluding carboxylic acids is 1. The second-order valence-electron chi connectivity index (χ2n) is 7.74. The predicted octanol–water partition coefficient (Wildman–Crippen LogP) is 4.85. The van der Waals surface area contributed by atoms with Gasteiger partial charge in [-0.05, 0) is 48.4 Å². The molecule has 0 saturated heterocycles. The van der Waals surface area contributed by atoms with Crippen LogP contribution >= 0.6 is 0 Å². The van der Waals surface area contributed by atoms with Gasteiger partial charge in [-0.25, -0.2) is 4.98 Å². The van der Waals surface area contributed by atoms with Crippen molar-refractivity contribution in [2.45, 2.75) is 19.8 Å². The molecule has 4 aromatic rings. The lowest BCUT2D eigenvalue weighted by Crippen LogP contribution is -2.00. The Morgan fingerprint density at radius 1 is 1.00 bits per heavy atom. The van der Waals surface area contributed by atoms with E-state index in [1.54, 1.807) is 37.2 Å². The molecule has 0 saturated carbocycles. The molecule has 4 rings (SSSR count). The molecule has 0 unspecified atom stereocenters. The Hall–Kier alpha value is -4.00. The van der Waals surface area contributed by atoms with E-state index in [1.807, 2.05) is 56.7 Å². The van der Waals surface area contributed by atoms with Crippen molar-refractivity contribution in [2.24, 2.45) is 7.05 Å². The van der Waals surface area contributed by atoms with Crippen LogP contribution in [-0.2, 0) is 11.8 Å². The van der Waals surface area contributed by atoms with Crippen molar-refractivity contribution >= 4 is 22.4 Å². The molecule has 0 aliphatic carbocycles. The van der Waals surface area contributed by atoms with Crippen molar-refractivity contribution in [1.29, 1.82) is 0 Å². The average Bonchev–Trinajstić information content (AvgIpc) is 3.27. The summed E-state index contributed by atoms with van der Waals surface area (Å²) >= 11 is 0. The summed E-state index contributed by atoms with van der Waals surface area (Å²) in [5.74, 6) is 1.32. The van der Waals surface area contributed by atoms with Gasteiger partial charge in [-0.3, -0.25) is 14.5 Å². The van der Waals surface area contributed by atoms with Crippen molar-refractivity contribution in [2.75, 3.05) is 14.2 Å². The minimum Gasteiger partial charge on any atom is -0.497 e. The molecule has 0 N–H and O–H groups in total. The highest BCUT2D eigenvalue weighted by atomic mass is 16.5. The monoisotopic (exact) mass is 442 g/mol. The summed E-state index contributed by atoms with van der Waals surface area (Å²) in [6, 6.07) is 11.3. The number of ether oxygens (including phenoxy) is 2. The maximum atomic E-state index is 12.6. The number of aryl methyl sites for hydroxylation is 1.